The Morgan fingerprint density at radius 1 is 1.12 bits per heavy atom. The number of guanidine groups is 1. The van der Waals surface area contributed by atoms with Gasteiger partial charge in [-0.3, -0.25) is 4.99 Å². The van der Waals surface area contributed by atoms with Gasteiger partial charge in [-0.2, -0.15) is 0 Å². The molecular weight excluding hydrogens is 416 g/mol. The fraction of sp³-hybridized carbons (Fsp3) is 0.385. The van der Waals surface area contributed by atoms with Crippen LogP contribution < -0.4 is 15.4 Å². The van der Waals surface area contributed by atoms with Crippen molar-refractivity contribution in [3.05, 3.63) is 71.1 Å². The number of hydrogen-bond acceptors (Lipinski definition) is 5. The zero-order valence-corrected chi connectivity index (χ0v) is 19.6. The smallest absolute Gasteiger partial charge is 0.226 e. The molecule has 0 bridgehead atoms. The number of oxazole rings is 1. The van der Waals surface area contributed by atoms with Gasteiger partial charge in [0, 0.05) is 44.1 Å². The number of aryl methyl sites for hydroxylation is 2. The van der Waals surface area contributed by atoms with Crippen LogP contribution in [0.2, 0.25) is 0 Å². The van der Waals surface area contributed by atoms with E-state index in [4.69, 9.17) is 13.9 Å². The molecule has 7 nitrogen and oxygen atoms in total. The summed E-state index contributed by atoms with van der Waals surface area (Å²) < 4.78 is 17.3. The van der Waals surface area contributed by atoms with E-state index in [2.05, 4.69) is 64.8 Å². The molecule has 4 rings (SSSR count). The summed E-state index contributed by atoms with van der Waals surface area (Å²) >= 11 is 0. The highest BCUT2D eigenvalue weighted by Crippen LogP contribution is 2.24. The second kappa shape index (κ2) is 11.0. The quantitative estimate of drug-likeness (QED) is 0.400. The summed E-state index contributed by atoms with van der Waals surface area (Å²) in [6.07, 6.45) is 3.50. The van der Waals surface area contributed by atoms with Crippen molar-refractivity contribution in [2.45, 2.75) is 39.3 Å². The van der Waals surface area contributed by atoms with E-state index in [0.717, 1.165) is 48.0 Å². The van der Waals surface area contributed by atoms with Gasteiger partial charge in [-0.05, 0) is 37.6 Å². The van der Waals surface area contributed by atoms with Gasteiger partial charge >= 0.3 is 0 Å². The first-order valence-electron chi connectivity index (χ1n) is 11.4. The van der Waals surface area contributed by atoms with Crippen LogP contribution in [-0.2, 0) is 17.7 Å². The minimum absolute atomic E-state index is 0.121. The molecule has 1 unspecified atom stereocenters. The van der Waals surface area contributed by atoms with Crippen LogP contribution in [-0.4, -0.2) is 43.9 Å². The number of benzene rings is 2. The zero-order valence-electron chi connectivity index (χ0n) is 19.6. The Balaban J connectivity index is 1.28. The lowest BCUT2D eigenvalue weighted by atomic mass is 10.1. The Morgan fingerprint density at radius 3 is 2.70 bits per heavy atom. The molecule has 174 valence electrons. The molecule has 1 aromatic heterocycles. The molecule has 0 saturated carbocycles. The Bertz CT molecular complexity index is 1070. The molecule has 7 heteroatoms. The third-order valence-corrected chi connectivity index (χ3v) is 5.60. The van der Waals surface area contributed by atoms with Crippen LogP contribution in [0.4, 0.5) is 0 Å². The second-order valence-electron chi connectivity index (χ2n) is 8.33. The summed E-state index contributed by atoms with van der Waals surface area (Å²) in [5.41, 5.74) is 5.37. The molecule has 2 heterocycles. The van der Waals surface area contributed by atoms with Crippen LogP contribution in [0.3, 0.4) is 0 Å². The lowest BCUT2D eigenvalue weighted by Gasteiger charge is -2.18. The number of ether oxygens (including phenoxy) is 2. The standard InChI is InChI=1S/C26H32N4O3/c1-18-4-7-20(8-5-18)25-30-22(16-32-25)10-12-28-26(27-3)29-15-21-9-6-19(2)14-24(21)33-23-11-13-31-17-23/h4-9,14,16,23H,10-13,15,17H2,1-3H3,(H2,27,28,29). The highest BCUT2D eigenvalue weighted by molar-refractivity contribution is 5.79. The minimum Gasteiger partial charge on any atom is -0.488 e. The summed E-state index contributed by atoms with van der Waals surface area (Å²) in [5.74, 6) is 2.28. The highest BCUT2D eigenvalue weighted by Gasteiger charge is 2.19. The molecule has 0 radical (unpaired) electrons. The van der Waals surface area contributed by atoms with E-state index in [1.807, 2.05) is 12.1 Å². The van der Waals surface area contributed by atoms with E-state index in [-0.39, 0.29) is 6.10 Å². The summed E-state index contributed by atoms with van der Waals surface area (Å²) in [5, 5.41) is 6.72. The Labute approximate surface area is 195 Å². The van der Waals surface area contributed by atoms with Gasteiger partial charge in [0.15, 0.2) is 5.96 Å². The SMILES string of the molecule is CN=C(NCCc1coc(-c2ccc(C)cc2)n1)NCc1ccc(C)cc1OC1CCOC1. The van der Waals surface area contributed by atoms with E-state index in [1.165, 1.54) is 11.1 Å². The van der Waals surface area contributed by atoms with E-state index in [9.17, 15) is 0 Å². The van der Waals surface area contributed by atoms with Crippen molar-refractivity contribution >= 4 is 5.96 Å². The van der Waals surface area contributed by atoms with Crippen LogP contribution in [0.25, 0.3) is 11.5 Å². The van der Waals surface area contributed by atoms with Gasteiger partial charge in [0.2, 0.25) is 5.89 Å². The topological polar surface area (TPSA) is 80.9 Å². The normalized spacial score (nSPS) is 16.1. The Kier molecular flexibility index (Phi) is 7.62. The summed E-state index contributed by atoms with van der Waals surface area (Å²) in [6.45, 7) is 6.86. The van der Waals surface area contributed by atoms with E-state index in [0.29, 0.717) is 25.6 Å². The Morgan fingerprint density at radius 2 is 1.94 bits per heavy atom. The fourth-order valence-corrected chi connectivity index (χ4v) is 3.66. The van der Waals surface area contributed by atoms with Gasteiger partial charge < -0.3 is 24.5 Å². The number of aliphatic imine (C=N–C) groups is 1. The monoisotopic (exact) mass is 448 g/mol. The lowest BCUT2D eigenvalue weighted by molar-refractivity contribution is 0.140. The van der Waals surface area contributed by atoms with E-state index < -0.39 is 0 Å². The maximum Gasteiger partial charge on any atom is 0.226 e. The molecule has 1 aliphatic rings. The van der Waals surface area contributed by atoms with Crippen molar-refractivity contribution in [1.82, 2.24) is 15.6 Å². The third-order valence-electron chi connectivity index (χ3n) is 5.60. The first kappa shape index (κ1) is 22.9. The van der Waals surface area contributed by atoms with Crippen molar-refractivity contribution in [1.29, 1.82) is 0 Å². The van der Waals surface area contributed by atoms with Crippen LogP contribution in [0, 0.1) is 13.8 Å². The average molecular weight is 449 g/mol. The summed E-state index contributed by atoms with van der Waals surface area (Å²) in [6, 6.07) is 14.5. The van der Waals surface area contributed by atoms with Crippen molar-refractivity contribution < 1.29 is 13.9 Å². The number of hydrogen-bond donors (Lipinski definition) is 2. The molecule has 0 aliphatic carbocycles. The second-order valence-corrected chi connectivity index (χ2v) is 8.33. The Hall–Kier alpha value is -3.32. The zero-order chi connectivity index (χ0) is 23.0. The summed E-state index contributed by atoms with van der Waals surface area (Å²) in [4.78, 5) is 8.94. The van der Waals surface area contributed by atoms with Gasteiger partial charge in [0.25, 0.3) is 0 Å². The highest BCUT2D eigenvalue weighted by atomic mass is 16.5. The maximum absolute atomic E-state index is 6.19. The number of aromatic nitrogens is 1. The molecule has 0 spiro atoms. The molecule has 1 aliphatic heterocycles. The molecule has 1 saturated heterocycles. The van der Waals surface area contributed by atoms with Crippen LogP contribution >= 0.6 is 0 Å². The molecule has 3 aromatic rings. The van der Waals surface area contributed by atoms with Crippen molar-refractivity contribution in [3.63, 3.8) is 0 Å². The molecular formula is C26H32N4O3. The number of nitrogens with one attached hydrogen (secondary N) is 2. The van der Waals surface area contributed by atoms with Gasteiger partial charge in [0.05, 0.1) is 18.9 Å². The van der Waals surface area contributed by atoms with Crippen molar-refractivity contribution in [3.8, 4) is 17.2 Å². The number of rotatable bonds is 8. The van der Waals surface area contributed by atoms with E-state index >= 15 is 0 Å². The minimum atomic E-state index is 0.121. The van der Waals surface area contributed by atoms with Crippen LogP contribution in [0.5, 0.6) is 5.75 Å². The maximum atomic E-state index is 6.19. The number of nitrogens with zero attached hydrogens (tertiary/aromatic N) is 2. The average Bonchev–Trinajstić information content (AvgIpc) is 3.50. The third kappa shape index (κ3) is 6.35. The summed E-state index contributed by atoms with van der Waals surface area (Å²) in [7, 11) is 1.77. The lowest BCUT2D eigenvalue weighted by Crippen LogP contribution is -2.38. The van der Waals surface area contributed by atoms with Gasteiger partial charge in [-0.25, -0.2) is 4.98 Å². The predicted octanol–water partition coefficient (Wildman–Crippen LogP) is 4.03. The van der Waals surface area contributed by atoms with Crippen molar-refractivity contribution in [2.75, 3.05) is 26.8 Å². The molecule has 2 N–H and O–H groups in total. The molecule has 0 amide bonds. The molecule has 33 heavy (non-hydrogen) atoms. The molecule has 1 fully saturated rings. The van der Waals surface area contributed by atoms with Gasteiger partial charge in [-0.15, -0.1) is 0 Å². The van der Waals surface area contributed by atoms with Crippen LogP contribution in [0.1, 0.15) is 28.8 Å². The molecule has 1 atom stereocenters. The van der Waals surface area contributed by atoms with Crippen molar-refractivity contribution in [2.24, 2.45) is 4.99 Å². The first-order valence-corrected chi connectivity index (χ1v) is 11.4. The van der Waals surface area contributed by atoms with Crippen LogP contribution in [0.15, 0.2) is 58.1 Å². The largest absolute Gasteiger partial charge is 0.488 e. The van der Waals surface area contributed by atoms with E-state index in [1.54, 1.807) is 13.3 Å². The first-order chi connectivity index (χ1) is 16.1. The van der Waals surface area contributed by atoms with Gasteiger partial charge in [-0.1, -0.05) is 29.8 Å². The fourth-order valence-electron chi connectivity index (χ4n) is 3.66. The molecule has 2 aromatic carbocycles. The predicted molar refractivity (Wildman–Crippen MR) is 130 cm³/mol. The van der Waals surface area contributed by atoms with Gasteiger partial charge in [0.1, 0.15) is 18.1 Å².